The lowest BCUT2D eigenvalue weighted by Crippen LogP contribution is -2.47. The Morgan fingerprint density at radius 3 is 2.74 bits per heavy atom. The fraction of sp³-hybridized carbons (Fsp3) is 0.400. The third kappa shape index (κ3) is 3.28. The van der Waals surface area contributed by atoms with E-state index in [0.29, 0.717) is 6.54 Å². The number of nitrogens with one attached hydrogen (secondary N) is 1. The summed E-state index contributed by atoms with van der Waals surface area (Å²) in [5.74, 6) is 0. The molecule has 0 atom stereocenters. The summed E-state index contributed by atoms with van der Waals surface area (Å²) in [7, 11) is 0. The van der Waals surface area contributed by atoms with Crippen molar-refractivity contribution in [1.82, 2.24) is 5.43 Å². The second-order valence-corrected chi connectivity index (χ2v) is 5.64. The highest BCUT2D eigenvalue weighted by atomic mass is 16.6. The van der Waals surface area contributed by atoms with E-state index in [1.807, 2.05) is 50.0 Å². The summed E-state index contributed by atoms with van der Waals surface area (Å²) in [6.45, 7) is 10.3. The van der Waals surface area contributed by atoms with Gasteiger partial charge in [0.05, 0.1) is 5.69 Å². The topological polar surface area (TPSA) is 41.6 Å². The molecule has 0 fully saturated rings. The summed E-state index contributed by atoms with van der Waals surface area (Å²) >= 11 is 0. The van der Waals surface area contributed by atoms with Gasteiger partial charge in [0.15, 0.2) is 0 Å². The predicted molar refractivity (Wildman–Crippen MR) is 76.8 cm³/mol. The molecule has 0 aliphatic carbocycles. The Bertz CT molecular complexity index is 503. The molecule has 0 aromatic heterocycles. The van der Waals surface area contributed by atoms with E-state index in [1.165, 1.54) is 0 Å². The van der Waals surface area contributed by atoms with Gasteiger partial charge in [-0.3, -0.25) is 5.01 Å². The molecule has 1 aromatic carbocycles. The Morgan fingerprint density at radius 2 is 2.05 bits per heavy atom. The fourth-order valence-corrected chi connectivity index (χ4v) is 2.04. The summed E-state index contributed by atoms with van der Waals surface area (Å²) in [4.78, 5) is 11.8. The minimum Gasteiger partial charge on any atom is -0.443 e. The Morgan fingerprint density at radius 1 is 1.37 bits per heavy atom. The third-order valence-corrected chi connectivity index (χ3v) is 2.84. The number of hydrazine groups is 1. The molecule has 0 radical (unpaired) electrons. The summed E-state index contributed by atoms with van der Waals surface area (Å²) in [5, 5.41) is 1.82. The zero-order valence-electron chi connectivity index (χ0n) is 11.7. The van der Waals surface area contributed by atoms with Crippen molar-refractivity contribution in [1.29, 1.82) is 0 Å². The van der Waals surface area contributed by atoms with Crippen molar-refractivity contribution in [2.75, 3.05) is 11.6 Å². The van der Waals surface area contributed by atoms with Gasteiger partial charge in [-0.05, 0) is 38.8 Å². The van der Waals surface area contributed by atoms with Crippen LogP contribution in [0.15, 0.2) is 30.8 Å². The molecule has 1 aliphatic heterocycles. The number of fused-ring (bicyclic) bond motifs is 1. The molecule has 102 valence electrons. The van der Waals surface area contributed by atoms with Gasteiger partial charge in [0, 0.05) is 12.1 Å². The number of carbonyl (C=O) groups excluding carboxylic acids is 1. The monoisotopic (exact) mass is 260 g/mol. The Hall–Kier alpha value is -1.97. The first-order chi connectivity index (χ1) is 8.87. The van der Waals surface area contributed by atoms with E-state index in [1.54, 1.807) is 0 Å². The van der Waals surface area contributed by atoms with E-state index >= 15 is 0 Å². The van der Waals surface area contributed by atoms with Crippen LogP contribution in [0.3, 0.4) is 0 Å². The summed E-state index contributed by atoms with van der Waals surface area (Å²) < 4.78 is 5.27. The molecule has 1 aliphatic rings. The number of carbonyl (C=O) groups is 1. The van der Waals surface area contributed by atoms with E-state index in [2.05, 4.69) is 12.0 Å². The summed E-state index contributed by atoms with van der Waals surface area (Å²) in [5.41, 5.74) is 5.42. The van der Waals surface area contributed by atoms with Crippen LogP contribution in [-0.4, -0.2) is 18.2 Å². The lowest BCUT2D eigenvalue weighted by Gasteiger charge is -2.33. The van der Waals surface area contributed by atoms with Crippen molar-refractivity contribution in [2.45, 2.75) is 32.8 Å². The number of hydrogen-bond donors (Lipinski definition) is 1. The van der Waals surface area contributed by atoms with Crippen LogP contribution in [0.25, 0.3) is 5.57 Å². The molecular formula is C15H20N2O2. The van der Waals surface area contributed by atoms with Gasteiger partial charge in [-0.25, -0.2) is 10.2 Å². The molecule has 1 aromatic rings. The maximum absolute atomic E-state index is 11.8. The van der Waals surface area contributed by atoms with Crippen molar-refractivity contribution in [3.63, 3.8) is 0 Å². The second-order valence-electron chi connectivity index (χ2n) is 5.64. The number of rotatable bonds is 1. The van der Waals surface area contributed by atoms with Crippen LogP contribution in [-0.2, 0) is 4.74 Å². The normalized spacial score (nSPS) is 14.9. The van der Waals surface area contributed by atoms with Gasteiger partial charge >= 0.3 is 6.09 Å². The number of ether oxygens (including phenoxy) is 1. The van der Waals surface area contributed by atoms with Crippen molar-refractivity contribution < 1.29 is 9.53 Å². The lowest BCUT2D eigenvalue weighted by molar-refractivity contribution is 0.0521. The largest absolute Gasteiger partial charge is 0.443 e. The van der Waals surface area contributed by atoms with Crippen LogP contribution >= 0.6 is 0 Å². The van der Waals surface area contributed by atoms with Crippen LogP contribution in [0, 0.1) is 0 Å². The molecule has 4 heteroatoms. The zero-order chi connectivity index (χ0) is 14.0. The highest BCUT2D eigenvalue weighted by molar-refractivity contribution is 5.80. The summed E-state index contributed by atoms with van der Waals surface area (Å²) in [6, 6.07) is 7.90. The first-order valence-corrected chi connectivity index (χ1v) is 6.41. The van der Waals surface area contributed by atoms with Crippen molar-refractivity contribution >= 4 is 17.4 Å². The Kier molecular flexibility index (Phi) is 3.51. The Labute approximate surface area is 114 Å². The molecule has 0 saturated heterocycles. The second kappa shape index (κ2) is 4.96. The maximum atomic E-state index is 11.8. The summed E-state index contributed by atoms with van der Waals surface area (Å²) in [6.07, 6.45) is 0.391. The smallest absolute Gasteiger partial charge is 0.426 e. The Balaban J connectivity index is 2.13. The van der Waals surface area contributed by atoms with Crippen LogP contribution in [0.2, 0.25) is 0 Å². The van der Waals surface area contributed by atoms with Gasteiger partial charge in [0.2, 0.25) is 0 Å². The van der Waals surface area contributed by atoms with E-state index in [4.69, 9.17) is 4.74 Å². The van der Waals surface area contributed by atoms with Crippen molar-refractivity contribution in [3.05, 3.63) is 36.4 Å². The standard InChI is InChI=1S/C15H20N2O2/c1-11-9-10-17(13-8-6-5-7-12(11)13)16-14(18)19-15(2,3)4/h5-8H,1,9-10H2,2-4H3,(H,16,18). The number of para-hydroxylation sites is 1. The number of amides is 1. The molecule has 0 bridgehead atoms. The average Bonchev–Trinajstić information content (AvgIpc) is 2.31. The maximum Gasteiger partial charge on any atom is 0.426 e. The molecule has 1 heterocycles. The zero-order valence-corrected chi connectivity index (χ0v) is 11.7. The quantitative estimate of drug-likeness (QED) is 0.842. The molecule has 0 spiro atoms. The first-order valence-electron chi connectivity index (χ1n) is 6.41. The van der Waals surface area contributed by atoms with Crippen LogP contribution < -0.4 is 10.4 Å². The number of benzene rings is 1. The van der Waals surface area contributed by atoms with Gasteiger partial charge in [0.1, 0.15) is 5.60 Å². The fourth-order valence-electron chi connectivity index (χ4n) is 2.04. The van der Waals surface area contributed by atoms with E-state index in [9.17, 15) is 4.79 Å². The van der Waals surface area contributed by atoms with Crippen molar-refractivity contribution in [2.24, 2.45) is 0 Å². The van der Waals surface area contributed by atoms with Crippen LogP contribution in [0.4, 0.5) is 10.5 Å². The highest BCUT2D eigenvalue weighted by Gasteiger charge is 2.23. The van der Waals surface area contributed by atoms with E-state index in [-0.39, 0.29) is 0 Å². The molecular weight excluding hydrogens is 240 g/mol. The molecule has 19 heavy (non-hydrogen) atoms. The van der Waals surface area contributed by atoms with Crippen LogP contribution in [0.5, 0.6) is 0 Å². The average molecular weight is 260 g/mol. The van der Waals surface area contributed by atoms with Gasteiger partial charge in [-0.2, -0.15) is 0 Å². The SMILES string of the molecule is C=C1CCN(NC(=O)OC(C)(C)C)c2ccccc21. The van der Waals surface area contributed by atoms with Crippen LogP contribution in [0.1, 0.15) is 32.8 Å². The van der Waals surface area contributed by atoms with E-state index in [0.717, 1.165) is 23.2 Å². The highest BCUT2D eigenvalue weighted by Crippen LogP contribution is 2.32. The number of hydrogen-bond acceptors (Lipinski definition) is 3. The minimum absolute atomic E-state index is 0.435. The predicted octanol–water partition coefficient (Wildman–Crippen LogP) is 3.35. The number of nitrogens with zero attached hydrogens (tertiary/aromatic N) is 1. The molecule has 1 N–H and O–H groups in total. The molecule has 0 saturated carbocycles. The van der Waals surface area contributed by atoms with E-state index < -0.39 is 11.7 Å². The lowest BCUT2D eigenvalue weighted by atomic mass is 9.98. The molecule has 1 amide bonds. The minimum atomic E-state index is -0.497. The molecule has 0 unspecified atom stereocenters. The van der Waals surface area contributed by atoms with Gasteiger partial charge in [-0.15, -0.1) is 0 Å². The number of anilines is 1. The molecule has 2 rings (SSSR count). The van der Waals surface area contributed by atoms with Gasteiger partial charge < -0.3 is 4.74 Å². The van der Waals surface area contributed by atoms with Gasteiger partial charge in [0.25, 0.3) is 0 Å². The first kappa shape index (κ1) is 13.5. The third-order valence-electron chi connectivity index (χ3n) is 2.84. The van der Waals surface area contributed by atoms with Gasteiger partial charge in [-0.1, -0.05) is 24.8 Å². The van der Waals surface area contributed by atoms with Crippen molar-refractivity contribution in [3.8, 4) is 0 Å². The molecule has 4 nitrogen and oxygen atoms in total.